The molecular weight excluding hydrogens is 382 g/mol. The first-order chi connectivity index (χ1) is 14.7. The molecule has 0 saturated carbocycles. The summed E-state index contributed by atoms with van der Waals surface area (Å²) in [6, 6.07) is 24.1. The predicted molar refractivity (Wildman–Crippen MR) is 114 cm³/mol. The van der Waals surface area contributed by atoms with Gasteiger partial charge in [-0.2, -0.15) is 9.78 Å². The first-order valence-corrected chi connectivity index (χ1v) is 9.16. The number of benzene rings is 3. The Balaban J connectivity index is 1.41. The molecule has 0 fully saturated rings. The van der Waals surface area contributed by atoms with Crippen LogP contribution in [0, 0.1) is 10.1 Å². The van der Waals surface area contributed by atoms with E-state index < -0.39 is 4.92 Å². The number of hydrogen-bond donors (Lipinski definition) is 1. The van der Waals surface area contributed by atoms with Crippen LogP contribution in [0.15, 0.2) is 84.0 Å². The van der Waals surface area contributed by atoms with E-state index in [0.717, 1.165) is 16.8 Å². The molecule has 0 unspecified atom stereocenters. The normalized spacial score (nSPS) is 10.9. The molecule has 1 aromatic heterocycles. The Morgan fingerprint density at radius 2 is 1.67 bits per heavy atom. The van der Waals surface area contributed by atoms with Gasteiger partial charge < -0.3 is 0 Å². The molecule has 0 saturated heterocycles. The molecule has 0 aliphatic rings. The van der Waals surface area contributed by atoms with Crippen molar-refractivity contribution in [2.75, 3.05) is 5.43 Å². The minimum atomic E-state index is -0.445. The zero-order valence-electron chi connectivity index (χ0n) is 15.8. The van der Waals surface area contributed by atoms with E-state index in [1.807, 2.05) is 42.5 Å². The van der Waals surface area contributed by atoms with E-state index in [1.165, 1.54) is 12.1 Å². The second-order valence-corrected chi connectivity index (χ2v) is 6.35. The lowest BCUT2D eigenvalue weighted by Crippen LogP contribution is -2.04. The second-order valence-electron chi connectivity index (χ2n) is 6.35. The summed E-state index contributed by atoms with van der Waals surface area (Å²) in [7, 11) is 0. The summed E-state index contributed by atoms with van der Waals surface area (Å²) in [5, 5.41) is 26.7. The molecule has 0 aliphatic heterocycles. The van der Waals surface area contributed by atoms with Crippen molar-refractivity contribution in [3.63, 3.8) is 0 Å². The van der Waals surface area contributed by atoms with Crippen LogP contribution in [-0.2, 0) is 6.42 Å². The number of aromatic nitrogens is 4. The summed E-state index contributed by atoms with van der Waals surface area (Å²) in [5.41, 5.74) is 6.61. The number of hydrogen-bond acceptors (Lipinski definition) is 7. The summed E-state index contributed by atoms with van der Waals surface area (Å²) in [6.07, 6.45) is 2.05. The number of nitro groups is 1. The van der Waals surface area contributed by atoms with Crippen molar-refractivity contribution in [1.82, 2.24) is 20.2 Å². The molecule has 148 valence electrons. The number of nitrogens with zero attached hydrogens (tertiary/aromatic N) is 6. The Kier molecular flexibility index (Phi) is 5.52. The molecule has 4 aromatic rings. The summed E-state index contributed by atoms with van der Waals surface area (Å²) in [5.74, 6) is 0.636. The van der Waals surface area contributed by atoms with Crippen LogP contribution in [0.3, 0.4) is 0 Å². The third kappa shape index (κ3) is 4.36. The number of nitrogens with one attached hydrogen (secondary N) is 1. The molecule has 30 heavy (non-hydrogen) atoms. The Labute approximate surface area is 171 Å². The maximum atomic E-state index is 10.7. The zero-order valence-corrected chi connectivity index (χ0v) is 15.8. The van der Waals surface area contributed by atoms with Crippen molar-refractivity contribution in [3.05, 3.63) is 94.8 Å². The fourth-order valence-electron chi connectivity index (χ4n) is 2.86. The molecule has 1 heterocycles. The summed E-state index contributed by atoms with van der Waals surface area (Å²) in [4.78, 5) is 10.2. The van der Waals surface area contributed by atoms with Gasteiger partial charge in [-0.3, -0.25) is 15.5 Å². The van der Waals surface area contributed by atoms with Crippen molar-refractivity contribution < 1.29 is 4.92 Å². The molecule has 1 N–H and O–H groups in total. The lowest BCUT2D eigenvalue weighted by molar-refractivity contribution is -0.384. The van der Waals surface area contributed by atoms with E-state index in [1.54, 1.807) is 23.0 Å². The zero-order chi connectivity index (χ0) is 20.8. The maximum Gasteiger partial charge on any atom is 0.269 e. The van der Waals surface area contributed by atoms with E-state index in [-0.39, 0.29) is 5.69 Å². The average Bonchev–Trinajstić information content (AvgIpc) is 3.26. The third-order valence-corrected chi connectivity index (χ3v) is 4.39. The summed E-state index contributed by atoms with van der Waals surface area (Å²) >= 11 is 0. The monoisotopic (exact) mass is 399 g/mol. The molecule has 0 spiro atoms. The Bertz CT molecular complexity index is 1150. The topological polar surface area (TPSA) is 111 Å². The van der Waals surface area contributed by atoms with Crippen LogP contribution in [0.1, 0.15) is 5.82 Å². The highest BCUT2D eigenvalue weighted by molar-refractivity contribution is 5.65. The van der Waals surface area contributed by atoms with Gasteiger partial charge >= 0.3 is 0 Å². The Hall–Kier alpha value is -4.40. The Morgan fingerprint density at radius 3 is 2.37 bits per heavy atom. The van der Waals surface area contributed by atoms with Crippen molar-refractivity contribution >= 4 is 17.6 Å². The van der Waals surface area contributed by atoms with Crippen LogP contribution in [-0.4, -0.2) is 31.3 Å². The quantitative estimate of drug-likeness (QED) is 0.287. The molecular formula is C21H17N7O2. The van der Waals surface area contributed by atoms with Gasteiger partial charge in [-0.15, -0.1) is 5.10 Å². The fourth-order valence-corrected chi connectivity index (χ4v) is 2.86. The van der Waals surface area contributed by atoms with Gasteiger partial charge in [0.25, 0.3) is 5.69 Å². The van der Waals surface area contributed by atoms with Gasteiger partial charge in [0.05, 0.1) is 16.3 Å². The van der Waals surface area contributed by atoms with Gasteiger partial charge in [-0.05, 0) is 45.8 Å². The number of non-ortho nitro benzene ring substituents is 1. The first-order valence-electron chi connectivity index (χ1n) is 9.16. The molecule has 4 rings (SSSR count). The van der Waals surface area contributed by atoms with Crippen LogP contribution < -0.4 is 5.43 Å². The SMILES string of the molecule is O=[N+]([O-])c1ccc(N/N=C/Cc2nnnn2-c2ccc(-c3ccccc3)cc2)cc1. The predicted octanol–water partition coefficient (Wildman–Crippen LogP) is 3.88. The first kappa shape index (κ1) is 18.9. The second kappa shape index (κ2) is 8.74. The molecule has 0 amide bonds. The highest BCUT2D eigenvalue weighted by atomic mass is 16.6. The highest BCUT2D eigenvalue weighted by Gasteiger charge is 2.08. The standard InChI is InChI=1S/C21H17N7O2/c29-28(30)20-12-8-18(9-13-20)23-22-15-14-21-24-25-26-27(21)19-10-6-17(7-11-19)16-4-2-1-3-5-16/h1-13,15,23H,14H2/b22-15+. The van der Waals surface area contributed by atoms with E-state index >= 15 is 0 Å². The largest absolute Gasteiger partial charge is 0.279 e. The van der Waals surface area contributed by atoms with Crippen LogP contribution >= 0.6 is 0 Å². The van der Waals surface area contributed by atoms with E-state index in [4.69, 9.17) is 0 Å². The number of rotatable bonds is 7. The van der Waals surface area contributed by atoms with Crippen LogP contribution in [0.25, 0.3) is 16.8 Å². The van der Waals surface area contributed by atoms with Gasteiger partial charge in [-0.25, -0.2) is 0 Å². The van der Waals surface area contributed by atoms with Gasteiger partial charge in [0.2, 0.25) is 0 Å². The molecule has 0 atom stereocenters. The molecule has 9 heteroatoms. The minimum absolute atomic E-state index is 0.0296. The Morgan fingerprint density at radius 1 is 0.967 bits per heavy atom. The molecule has 0 radical (unpaired) electrons. The fraction of sp³-hybridized carbons (Fsp3) is 0.0476. The average molecular weight is 399 g/mol. The third-order valence-electron chi connectivity index (χ3n) is 4.39. The highest BCUT2D eigenvalue weighted by Crippen LogP contribution is 2.20. The van der Waals surface area contributed by atoms with Gasteiger partial charge in [-0.1, -0.05) is 42.5 Å². The minimum Gasteiger partial charge on any atom is -0.279 e. The lowest BCUT2D eigenvalue weighted by atomic mass is 10.1. The van der Waals surface area contributed by atoms with Gasteiger partial charge in [0, 0.05) is 24.8 Å². The lowest BCUT2D eigenvalue weighted by Gasteiger charge is -2.05. The van der Waals surface area contributed by atoms with Crippen molar-refractivity contribution in [2.24, 2.45) is 5.10 Å². The number of hydrazone groups is 1. The molecule has 9 nitrogen and oxygen atoms in total. The van der Waals surface area contributed by atoms with Gasteiger partial charge in [0.15, 0.2) is 5.82 Å². The maximum absolute atomic E-state index is 10.7. The summed E-state index contributed by atoms with van der Waals surface area (Å²) < 4.78 is 1.66. The molecule has 0 bridgehead atoms. The van der Waals surface area contributed by atoms with Crippen LogP contribution in [0.2, 0.25) is 0 Å². The number of nitro benzene ring substituents is 1. The van der Waals surface area contributed by atoms with Crippen molar-refractivity contribution in [1.29, 1.82) is 0 Å². The van der Waals surface area contributed by atoms with E-state index in [0.29, 0.717) is 17.9 Å². The number of anilines is 1. The molecule has 3 aromatic carbocycles. The van der Waals surface area contributed by atoms with Crippen LogP contribution in [0.5, 0.6) is 0 Å². The van der Waals surface area contributed by atoms with E-state index in [9.17, 15) is 10.1 Å². The summed E-state index contributed by atoms with van der Waals surface area (Å²) in [6.45, 7) is 0. The van der Waals surface area contributed by atoms with E-state index in [2.05, 4.69) is 38.2 Å². The number of tetrazole rings is 1. The van der Waals surface area contributed by atoms with Crippen molar-refractivity contribution in [3.8, 4) is 16.8 Å². The van der Waals surface area contributed by atoms with Crippen molar-refractivity contribution in [2.45, 2.75) is 6.42 Å². The van der Waals surface area contributed by atoms with Gasteiger partial charge in [0.1, 0.15) is 0 Å². The molecule has 0 aliphatic carbocycles. The smallest absolute Gasteiger partial charge is 0.269 e. The van der Waals surface area contributed by atoms with Crippen LogP contribution in [0.4, 0.5) is 11.4 Å².